The summed E-state index contributed by atoms with van der Waals surface area (Å²) in [5, 5.41) is 2.31. The highest BCUT2D eigenvalue weighted by atomic mass is 79.9. The van der Waals surface area contributed by atoms with Crippen molar-refractivity contribution in [1.29, 1.82) is 0 Å². The van der Waals surface area contributed by atoms with Crippen molar-refractivity contribution >= 4 is 39.3 Å². The van der Waals surface area contributed by atoms with E-state index < -0.39 is 5.82 Å². The molecule has 6 heteroatoms. The third kappa shape index (κ3) is 5.53. The summed E-state index contributed by atoms with van der Waals surface area (Å²) in [5.41, 5.74) is 1.27. The molecule has 0 aromatic heterocycles. The van der Waals surface area contributed by atoms with Crippen molar-refractivity contribution in [3.63, 3.8) is 0 Å². The Morgan fingerprint density at radius 3 is 2.79 bits per heavy atom. The van der Waals surface area contributed by atoms with Gasteiger partial charge in [-0.25, -0.2) is 4.39 Å². The van der Waals surface area contributed by atoms with Crippen LogP contribution in [0.15, 0.2) is 46.9 Å². The summed E-state index contributed by atoms with van der Waals surface area (Å²) in [6.07, 6.45) is 0. The monoisotopic (exact) mass is 411 g/mol. The maximum atomic E-state index is 13.7. The predicted molar refractivity (Wildman–Crippen MR) is 101 cm³/mol. The van der Waals surface area contributed by atoms with Gasteiger partial charge in [0.2, 0.25) is 5.91 Å². The summed E-state index contributed by atoms with van der Waals surface area (Å²) in [7, 11) is 0. The molecule has 0 heterocycles. The SMILES string of the molecule is Cc1ccccc1OCCSC(C)C(=O)Nc1ccc(Br)cc1F. The minimum Gasteiger partial charge on any atom is -0.492 e. The van der Waals surface area contributed by atoms with E-state index in [4.69, 9.17) is 4.74 Å². The van der Waals surface area contributed by atoms with Crippen LogP contribution in [0.1, 0.15) is 12.5 Å². The molecule has 1 N–H and O–H groups in total. The van der Waals surface area contributed by atoms with Gasteiger partial charge in [0.1, 0.15) is 11.6 Å². The zero-order chi connectivity index (χ0) is 17.5. The molecule has 1 amide bonds. The lowest BCUT2D eigenvalue weighted by Gasteiger charge is -2.13. The van der Waals surface area contributed by atoms with Gasteiger partial charge in [-0.2, -0.15) is 0 Å². The van der Waals surface area contributed by atoms with Crippen molar-refractivity contribution in [2.24, 2.45) is 0 Å². The van der Waals surface area contributed by atoms with Gasteiger partial charge in [-0.05, 0) is 43.7 Å². The first-order valence-corrected chi connectivity index (χ1v) is 9.37. The second-order valence-corrected chi connectivity index (χ2v) is 7.60. The van der Waals surface area contributed by atoms with Gasteiger partial charge in [-0.1, -0.05) is 34.1 Å². The molecular weight excluding hydrogens is 393 g/mol. The van der Waals surface area contributed by atoms with Crippen molar-refractivity contribution in [2.45, 2.75) is 19.1 Å². The molecule has 2 rings (SSSR count). The molecule has 1 atom stereocenters. The number of thioether (sulfide) groups is 1. The number of para-hydroxylation sites is 1. The van der Waals surface area contributed by atoms with Crippen molar-refractivity contribution < 1.29 is 13.9 Å². The number of hydrogen-bond acceptors (Lipinski definition) is 3. The van der Waals surface area contributed by atoms with E-state index >= 15 is 0 Å². The number of anilines is 1. The second-order valence-electron chi connectivity index (χ2n) is 5.24. The number of aryl methyl sites for hydroxylation is 1. The van der Waals surface area contributed by atoms with E-state index in [0.717, 1.165) is 11.3 Å². The minimum atomic E-state index is -0.460. The van der Waals surface area contributed by atoms with Gasteiger partial charge in [0.05, 0.1) is 17.5 Å². The fourth-order valence-electron chi connectivity index (χ4n) is 2.00. The lowest BCUT2D eigenvalue weighted by molar-refractivity contribution is -0.115. The third-order valence-electron chi connectivity index (χ3n) is 3.36. The second kappa shape index (κ2) is 9.08. The average molecular weight is 412 g/mol. The molecule has 2 aromatic carbocycles. The summed E-state index contributed by atoms with van der Waals surface area (Å²) >= 11 is 4.66. The average Bonchev–Trinajstić information content (AvgIpc) is 2.55. The van der Waals surface area contributed by atoms with E-state index in [0.29, 0.717) is 16.8 Å². The number of amides is 1. The van der Waals surface area contributed by atoms with Crippen molar-refractivity contribution in [1.82, 2.24) is 0 Å². The van der Waals surface area contributed by atoms with Gasteiger partial charge < -0.3 is 10.1 Å². The lowest BCUT2D eigenvalue weighted by atomic mass is 10.2. The normalized spacial score (nSPS) is 11.8. The number of nitrogens with one attached hydrogen (secondary N) is 1. The maximum Gasteiger partial charge on any atom is 0.237 e. The summed E-state index contributed by atoms with van der Waals surface area (Å²) in [6.45, 7) is 4.30. The fourth-order valence-corrected chi connectivity index (χ4v) is 3.07. The molecule has 0 fully saturated rings. The van der Waals surface area contributed by atoms with Gasteiger partial charge in [-0.15, -0.1) is 11.8 Å². The van der Waals surface area contributed by atoms with Crippen LogP contribution in [0.25, 0.3) is 0 Å². The molecule has 2 aromatic rings. The van der Waals surface area contributed by atoms with Gasteiger partial charge in [0.25, 0.3) is 0 Å². The van der Waals surface area contributed by atoms with Gasteiger partial charge in [0.15, 0.2) is 0 Å². The van der Waals surface area contributed by atoms with E-state index in [9.17, 15) is 9.18 Å². The first kappa shape index (κ1) is 18.8. The van der Waals surface area contributed by atoms with Gasteiger partial charge in [-0.3, -0.25) is 4.79 Å². The van der Waals surface area contributed by atoms with Gasteiger partial charge >= 0.3 is 0 Å². The fraction of sp³-hybridized carbons (Fsp3) is 0.278. The Morgan fingerprint density at radius 1 is 1.33 bits per heavy atom. The van der Waals surface area contributed by atoms with Crippen LogP contribution in [0.5, 0.6) is 5.75 Å². The van der Waals surface area contributed by atoms with Crippen LogP contribution in [0.3, 0.4) is 0 Å². The molecule has 3 nitrogen and oxygen atoms in total. The zero-order valence-corrected chi connectivity index (χ0v) is 15.9. The smallest absolute Gasteiger partial charge is 0.237 e. The quantitative estimate of drug-likeness (QED) is 0.648. The highest BCUT2D eigenvalue weighted by Crippen LogP contribution is 2.21. The van der Waals surface area contributed by atoms with Crippen molar-refractivity contribution in [2.75, 3.05) is 17.7 Å². The molecule has 0 aliphatic heterocycles. The molecule has 0 spiro atoms. The summed E-state index contributed by atoms with van der Waals surface area (Å²) in [4.78, 5) is 12.1. The third-order valence-corrected chi connectivity index (χ3v) is 4.97. The molecule has 128 valence electrons. The van der Waals surface area contributed by atoms with Crippen LogP contribution in [0, 0.1) is 12.7 Å². The number of carbonyl (C=O) groups excluding carboxylic acids is 1. The molecule has 0 saturated carbocycles. The Morgan fingerprint density at radius 2 is 2.08 bits per heavy atom. The van der Waals surface area contributed by atoms with Crippen LogP contribution < -0.4 is 10.1 Å². The number of carbonyl (C=O) groups is 1. The van der Waals surface area contributed by atoms with Crippen LogP contribution in [-0.2, 0) is 4.79 Å². The van der Waals surface area contributed by atoms with Crippen molar-refractivity contribution in [3.05, 3.63) is 58.3 Å². The number of hydrogen-bond donors (Lipinski definition) is 1. The maximum absolute atomic E-state index is 13.7. The topological polar surface area (TPSA) is 38.3 Å². The summed E-state index contributed by atoms with van der Waals surface area (Å²) in [5.74, 6) is 0.841. The molecule has 1 unspecified atom stereocenters. The highest BCUT2D eigenvalue weighted by Gasteiger charge is 2.15. The lowest BCUT2D eigenvalue weighted by Crippen LogP contribution is -2.24. The molecule has 0 radical (unpaired) electrons. The Hall–Kier alpha value is -1.53. The van der Waals surface area contributed by atoms with E-state index in [-0.39, 0.29) is 16.8 Å². The zero-order valence-electron chi connectivity index (χ0n) is 13.5. The number of ether oxygens (including phenoxy) is 1. The van der Waals surface area contributed by atoms with Crippen LogP contribution in [-0.4, -0.2) is 23.5 Å². The molecule has 0 bridgehead atoms. The predicted octanol–water partition coefficient (Wildman–Crippen LogP) is 5.04. The molecule has 0 aliphatic carbocycles. The first-order valence-electron chi connectivity index (χ1n) is 7.53. The number of halogens is 2. The van der Waals surface area contributed by atoms with Crippen LogP contribution >= 0.6 is 27.7 Å². The molecule has 0 aliphatic rings. The first-order chi connectivity index (χ1) is 11.5. The van der Waals surface area contributed by atoms with E-state index in [1.54, 1.807) is 13.0 Å². The minimum absolute atomic E-state index is 0.187. The van der Waals surface area contributed by atoms with Crippen molar-refractivity contribution in [3.8, 4) is 5.75 Å². The number of rotatable bonds is 7. The Balaban J connectivity index is 1.76. The molecule has 24 heavy (non-hydrogen) atoms. The van der Waals surface area contributed by atoms with E-state index in [1.807, 2.05) is 31.2 Å². The number of benzene rings is 2. The Kier molecular flexibility index (Phi) is 7.12. The van der Waals surface area contributed by atoms with Crippen LogP contribution in [0.4, 0.5) is 10.1 Å². The van der Waals surface area contributed by atoms with Crippen LogP contribution in [0.2, 0.25) is 0 Å². The molecular formula is C18H19BrFNO2S. The van der Waals surface area contributed by atoms with E-state index in [2.05, 4.69) is 21.2 Å². The summed E-state index contributed by atoms with van der Waals surface area (Å²) < 4.78 is 20.1. The van der Waals surface area contributed by atoms with Gasteiger partial charge in [0, 0.05) is 10.2 Å². The standard InChI is InChI=1S/C18H19BrFNO2S/c1-12-5-3-4-6-17(12)23-9-10-24-13(2)18(22)21-16-8-7-14(19)11-15(16)20/h3-8,11,13H,9-10H2,1-2H3,(H,21,22). The highest BCUT2D eigenvalue weighted by molar-refractivity contribution is 9.10. The molecule has 0 saturated heterocycles. The Labute approximate surface area is 154 Å². The largest absolute Gasteiger partial charge is 0.492 e. The summed E-state index contributed by atoms with van der Waals surface area (Å²) in [6, 6.07) is 12.4. The van der Waals surface area contributed by atoms with E-state index in [1.165, 1.54) is 23.9 Å². The Bertz CT molecular complexity index is 711.